The van der Waals surface area contributed by atoms with E-state index in [0.717, 1.165) is 23.2 Å². The minimum atomic E-state index is -0.415. The summed E-state index contributed by atoms with van der Waals surface area (Å²) in [6.45, 7) is 0. The maximum atomic E-state index is 11.2. The smallest absolute Gasteiger partial charge is 0.271 e. The van der Waals surface area contributed by atoms with Gasteiger partial charge in [0.2, 0.25) is 0 Å². The van der Waals surface area contributed by atoms with Crippen molar-refractivity contribution in [2.45, 2.75) is 18.4 Å². The minimum absolute atomic E-state index is 0.00701. The molecule has 3 atom stereocenters. The summed E-state index contributed by atoms with van der Waals surface area (Å²) < 4.78 is 0. The molecule has 1 N–H and O–H groups in total. The molecule has 1 aliphatic carbocycles. The Morgan fingerprint density at radius 2 is 1.88 bits per heavy atom. The van der Waals surface area contributed by atoms with Crippen molar-refractivity contribution in [1.82, 2.24) is 0 Å². The lowest BCUT2D eigenvalue weighted by molar-refractivity contribution is -0.384. The molecule has 0 amide bonds. The maximum absolute atomic E-state index is 11.2. The van der Waals surface area contributed by atoms with E-state index in [0.29, 0.717) is 15.1 Å². The Labute approximate surface area is 159 Å². The van der Waals surface area contributed by atoms with E-state index in [1.54, 1.807) is 12.1 Å². The first-order valence-electron chi connectivity index (χ1n) is 7.81. The summed E-state index contributed by atoms with van der Waals surface area (Å²) in [7, 11) is 0. The number of rotatable bonds is 2. The molecule has 1 heterocycles. The minimum Gasteiger partial charge on any atom is -0.376 e. The van der Waals surface area contributed by atoms with Crippen LogP contribution in [0.15, 0.2) is 42.5 Å². The molecule has 4 rings (SSSR count). The summed E-state index contributed by atoms with van der Waals surface area (Å²) in [5.41, 5.74) is 2.55. The Morgan fingerprint density at radius 1 is 1.08 bits per heavy atom. The van der Waals surface area contributed by atoms with Crippen molar-refractivity contribution < 1.29 is 4.92 Å². The zero-order valence-electron chi connectivity index (χ0n) is 12.9. The van der Waals surface area contributed by atoms with Gasteiger partial charge in [-0.25, -0.2) is 0 Å². The molecule has 0 radical (unpaired) electrons. The number of allylic oxidation sites excluding steroid dienone is 2. The van der Waals surface area contributed by atoms with Crippen molar-refractivity contribution in [3.8, 4) is 0 Å². The van der Waals surface area contributed by atoms with E-state index in [1.165, 1.54) is 6.07 Å². The predicted molar refractivity (Wildman–Crippen MR) is 101 cm³/mol. The van der Waals surface area contributed by atoms with Crippen LogP contribution in [0.5, 0.6) is 0 Å². The molecule has 2 aromatic rings. The topological polar surface area (TPSA) is 55.2 Å². The largest absolute Gasteiger partial charge is 0.376 e. The molecule has 0 spiro atoms. The molecule has 0 aromatic heterocycles. The van der Waals surface area contributed by atoms with Crippen LogP contribution in [0.2, 0.25) is 15.1 Å². The lowest BCUT2D eigenvalue weighted by Gasteiger charge is -2.38. The SMILES string of the molecule is O=[N+]([O-])c1cc(Cl)c2c(c1)[C@H]1C=CC[C@@H]1[C@@H](c1ccc(Cl)cc1Cl)N2. The van der Waals surface area contributed by atoms with Gasteiger partial charge in [-0.2, -0.15) is 0 Å². The van der Waals surface area contributed by atoms with Crippen LogP contribution in [0, 0.1) is 16.0 Å². The molecule has 0 unspecified atom stereocenters. The summed E-state index contributed by atoms with van der Waals surface area (Å²) in [6.07, 6.45) is 5.07. The summed E-state index contributed by atoms with van der Waals surface area (Å²) >= 11 is 18.8. The van der Waals surface area contributed by atoms with Gasteiger partial charge in [-0.15, -0.1) is 0 Å². The van der Waals surface area contributed by atoms with E-state index in [1.807, 2.05) is 12.1 Å². The Kier molecular flexibility index (Phi) is 4.14. The van der Waals surface area contributed by atoms with Crippen LogP contribution in [-0.4, -0.2) is 4.92 Å². The van der Waals surface area contributed by atoms with Crippen LogP contribution in [0.3, 0.4) is 0 Å². The zero-order chi connectivity index (χ0) is 17.7. The van der Waals surface area contributed by atoms with Crippen molar-refractivity contribution in [2.24, 2.45) is 5.92 Å². The number of non-ortho nitro benzene ring substituents is 1. The first-order chi connectivity index (χ1) is 12.0. The Balaban J connectivity index is 1.84. The summed E-state index contributed by atoms with van der Waals surface area (Å²) in [4.78, 5) is 10.8. The molecular weight excluding hydrogens is 383 g/mol. The Morgan fingerprint density at radius 3 is 2.60 bits per heavy atom. The van der Waals surface area contributed by atoms with E-state index < -0.39 is 4.92 Å². The number of nitrogens with one attached hydrogen (secondary N) is 1. The number of nitro groups is 1. The average Bonchev–Trinajstić information content (AvgIpc) is 3.04. The van der Waals surface area contributed by atoms with Crippen molar-refractivity contribution in [3.05, 3.63) is 78.8 Å². The van der Waals surface area contributed by atoms with Gasteiger partial charge in [0.15, 0.2) is 0 Å². The highest BCUT2D eigenvalue weighted by atomic mass is 35.5. The summed E-state index contributed by atoms with van der Waals surface area (Å²) in [5.74, 6) is 0.273. The fourth-order valence-corrected chi connectivity index (χ4v) is 4.61. The molecule has 128 valence electrons. The third kappa shape index (κ3) is 2.78. The number of nitrogens with zero attached hydrogens (tertiary/aromatic N) is 1. The van der Waals surface area contributed by atoms with Gasteiger partial charge in [0.1, 0.15) is 0 Å². The Hall–Kier alpha value is -1.75. The van der Waals surface area contributed by atoms with E-state index in [9.17, 15) is 10.1 Å². The van der Waals surface area contributed by atoms with Crippen LogP contribution in [-0.2, 0) is 0 Å². The van der Waals surface area contributed by atoms with Crippen LogP contribution in [0.25, 0.3) is 0 Å². The van der Waals surface area contributed by atoms with Gasteiger partial charge in [0, 0.05) is 28.1 Å². The molecule has 2 aromatic carbocycles. The van der Waals surface area contributed by atoms with Crippen LogP contribution >= 0.6 is 34.8 Å². The highest BCUT2D eigenvalue weighted by Gasteiger charge is 2.40. The fraction of sp³-hybridized carbons (Fsp3) is 0.222. The zero-order valence-corrected chi connectivity index (χ0v) is 15.1. The maximum Gasteiger partial charge on any atom is 0.271 e. The van der Waals surface area contributed by atoms with Gasteiger partial charge in [-0.05, 0) is 35.6 Å². The fourth-order valence-electron chi connectivity index (χ4n) is 3.81. The number of fused-ring (bicyclic) bond motifs is 3. The quantitative estimate of drug-likeness (QED) is 0.364. The monoisotopic (exact) mass is 394 g/mol. The third-order valence-electron chi connectivity index (χ3n) is 4.91. The van der Waals surface area contributed by atoms with Crippen LogP contribution < -0.4 is 5.32 Å². The molecule has 0 bridgehead atoms. The van der Waals surface area contributed by atoms with E-state index in [4.69, 9.17) is 34.8 Å². The van der Waals surface area contributed by atoms with Crippen molar-refractivity contribution in [1.29, 1.82) is 0 Å². The molecule has 7 heteroatoms. The first-order valence-corrected chi connectivity index (χ1v) is 8.95. The van der Waals surface area contributed by atoms with Crippen LogP contribution in [0.1, 0.15) is 29.5 Å². The van der Waals surface area contributed by atoms with Gasteiger partial charge in [-0.1, -0.05) is 53.0 Å². The van der Waals surface area contributed by atoms with Crippen molar-refractivity contribution >= 4 is 46.2 Å². The van der Waals surface area contributed by atoms with E-state index in [-0.39, 0.29) is 23.6 Å². The molecular formula is C18H13Cl3N2O2. The lowest BCUT2D eigenvalue weighted by atomic mass is 9.77. The second-order valence-corrected chi connectivity index (χ2v) is 7.54. The average molecular weight is 396 g/mol. The molecule has 0 saturated heterocycles. The highest BCUT2D eigenvalue weighted by Crippen LogP contribution is 2.53. The number of benzene rings is 2. The third-order valence-corrected chi connectivity index (χ3v) is 5.77. The van der Waals surface area contributed by atoms with Crippen molar-refractivity contribution in [3.63, 3.8) is 0 Å². The predicted octanol–water partition coefficient (Wildman–Crippen LogP) is 6.38. The standard InChI is InChI=1S/C18H13Cl3N2O2/c19-9-4-5-13(15(20)6-9)17-12-3-1-2-11(12)14-7-10(23(24)25)8-16(21)18(14)22-17/h1-2,4-8,11-12,17,22H,3H2/t11-,12-,17-/m0/s1. The highest BCUT2D eigenvalue weighted by molar-refractivity contribution is 6.35. The van der Waals surface area contributed by atoms with Crippen molar-refractivity contribution in [2.75, 3.05) is 5.32 Å². The molecule has 0 saturated carbocycles. The molecule has 1 aliphatic heterocycles. The van der Waals surface area contributed by atoms with Gasteiger partial charge in [0.05, 0.1) is 21.7 Å². The number of anilines is 1. The molecule has 2 aliphatic rings. The summed E-state index contributed by atoms with van der Waals surface area (Å²) in [5, 5.41) is 16.2. The van der Waals surface area contributed by atoms with Gasteiger partial charge in [0.25, 0.3) is 5.69 Å². The lowest BCUT2D eigenvalue weighted by Crippen LogP contribution is -2.29. The summed E-state index contributed by atoms with van der Waals surface area (Å²) in [6, 6.07) is 8.41. The number of hydrogen-bond acceptors (Lipinski definition) is 3. The second-order valence-electron chi connectivity index (χ2n) is 6.29. The number of halogens is 3. The first kappa shape index (κ1) is 16.7. The second kappa shape index (κ2) is 6.20. The molecule has 4 nitrogen and oxygen atoms in total. The van der Waals surface area contributed by atoms with E-state index in [2.05, 4.69) is 17.5 Å². The van der Waals surface area contributed by atoms with E-state index >= 15 is 0 Å². The number of hydrogen-bond donors (Lipinski definition) is 1. The Bertz CT molecular complexity index is 913. The molecule has 25 heavy (non-hydrogen) atoms. The van der Waals surface area contributed by atoms with Gasteiger partial charge >= 0.3 is 0 Å². The number of nitro benzene ring substituents is 1. The molecule has 0 fully saturated rings. The van der Waals surface area contributed by atoms with Crippen LogP contribution in [0.4, 0.5) is 11.4 Å². The normalized spacial score (nSPS) is 23.7. The van der Waals surface area contributed by atoms with Gasteiger partial charge in [-0.3, -0.25) is 10.1 Å². The van der Waals surface area contributed by atoms with Gasteiger partial charge < -0.3 is 5.32 Å².